The van der Waals surface area contributed by atoms with Crippen LogP contribution in [0.25, 0.3) is 11.1 Å². The van der Waals surface area contributed by atoms with Crippen LogP contribution in [0.5, 0.6) is 0 Å². The van der Waals surface area contributed by atoms with Crippen LogP contribution in [0.1, 0.15) is 35.1 Å². The highest BCUT2D eigenvalue weighted by molar-refractivity contribution is 7.89. The second-order valence-corrected chi connectivity index (χ2v) is 11.7. The van der Waals surface area contributed by atoms with E-state index in [1.807, 2.05) is 105 Å². The van der Waals surface area contributed by atoms with Crippen molar-refractivity contribution in [2.75, 3.05) is 13.1 Å². The van der Waals surface area contributed by atoms with Gasteiger partial charge in [-0.05, 0) is 58.4 Å². The molecule has 0 fully saturated rings. The van der Waals surface area contributed by atoms with Crippen molar-refractivity contribution in [3.8, 4) is 11.1 Å². The molecular weight excluding hydrogens is 506 g/mol. The Hall–Kier alpha value is -3.78. The monoisotopic (exact) mass is 541 g/mol. The van der Waals surface area contributed by atoms with Gasteiger partial charge in [0.15, 0.2) is 0 Å². The Balaban J connectivity index is 1.55. The van der Waals surface area contributed by atoms with Crippen LogP contribution >= 0.6 is 0 Å². The molecule has 0 saturated heterocycles. The normalized spacial score (nSPS) is 12.3. The first kappa shape index (κ1) is 28.2. The molecule has 4 aromatic carbocycles. The van der Waals surface area contributed by atoms with Gasteiger partial charge in [0, 0.05) is 19.6 Å². The van der Waals surface area contributed by atoms with Crippen molar-refractivity contribution in [1.82, 2.24) is 9.62 Å². The number of nitrogens with two attached hydrogens (primary N) is 1. The number of benzene rings is 4. The minimum atomic E-state index is -3.94. The molecule has 0 aromatic heterocycles. The molecule has 0 aliphatic heterocycles. The summed E-state index contributed by atoms with van der Waals surface area (Å²) in [6.45, 7) is 4.64. The van der Waals surface area contributed by atoms with Crippen LogP contribution in [0, 0.1) is 6.92 Å². The third kappa shape index (κ3) is 7.20. The van der Waals surface area contributed by atoms with E-state index < -0.39 is 10.0 Å². The van der Waals surface area contributed by atoms with Crippen LogP contribution in [-0.4, -0.2) is 31.7 Å². The average molecular weight is 542 g/mol. The number of carbonyl (C=O) groups excluding carboxylic acids is 1. The molecule has 0 unspecified atom stereocenters. The van der Waals surface area contributed by atoms with Crippen molar-refractivity contribution < 1.29 is 13.2 Å². The second-order valence-electron chi connectivity index (χ2n) is 9.75. The average Bonchev–Trinajstić information content (AvgIpc) is 2.96. The summed E-state index contributed by atoms with van der Waals surface area (Å²) in [5.74, 6) is -0.470. The lowest BCUT2D eigenvalue weighted by Gasteiger charge is -2.25. The summed E-state index contributed by atoms with van der Waals surface area (Å²) in [4.78, 5) is 13.1. The summed E-state index contributed by atoms with van der Waals surface area (Å²) in [6.07, 6.45) is 0. The van der Waals surface area contributed by atoms with E-state index in [1.54, 1.807) is 12.1 Å². The van der Waals surface area contributed by atoms with E-state index in [0.29, 0.717) is 13.1 Å². The van der Waals surface area contributed by atoms with Crippen LogP contribution < -0.4 is 11.1 Å². The SMILES string of the molecule is Cc1ccccc1-c1ccc(S(=O)(=O)N(CC(=O)NCc2ccc(CN)cc2)C[C@H](C)c2ccccc2)cc1. The van der Waals surface area contributed by atoms with E-state index in [0.717, 1.165) is 33.4 Å². The van der Waals surface area contributed by atoms with E-state index in [4.69, 9.17) is 5.73 Å². The number of nitrogens with zero attached hydrogens (tertiary/aromatic N) is 1. The van der Waals surface area contributed by atoms with Crippen molar-refractivity contribution in [2.45, 2.75) is 37.8 Å². The number of aryl methyl sites for hydroxylation is 1. The molecule has 4 aromatic rings. The van der Waals surface area contributed by atoms with Crippen molar-refractivity contribution in [1.29, 1.82) is 0 Å². The molecule has 6 nitrogen and oxygen atoms in total. The largest absolute Gasteiger partial charge is 0.351 e. The Morgan fingerprint density at radius 1 is 0.846 bits per heavy atom. The van der Waals surface area contributed by atoms with Gasteiger partial charge >= 0.3 is 0 Å². The van der Waals surface area contributed by atoms with Crippen molar-refractivity contribution in [3.63, 3.8) is 0 Å². The topological polar surface area (TPSA) is 92.5 Å². The highest BCUT2D eigenvalue weighted by atomic mass is 32.2. The summed E-state index contributed by atoms with van der Waals surface area (Å²) in [7, 11) is -3.94. The Morgan fingerprint density at radius 3 is 2.10 bits per heavy atom. The van der Waals surface area contributed by atoms with E-state index in [2.05, 4.69) is 5.32 Å². The van der Waals surface area contributed by atoms with Crippen molar-refractivity contribution in [3.05, 3.63) is 125 Å². The van der Waals surface area contributed by atoms with Gasteiger partial charge < -0.3 is 11.1 Å². The first-order chi connectivity index (χ1) is 18.8. The highest BCUT2D eigenvalue weighted by Crippen LogP contribution is 2.27. The van der Waals surface area contributed by atoms with E-state index in [1.165, 1.54) is 4.31 Å². The van der Waals surface area contributed by atoms with Crippen LogP contribution in [0.15, 0.2) is 108 Å². The maximum absolute atomic E-state index is 13.8. The number of hydrogen-bond acceptors (Lipinski definition) is 4. The number of amides is 1. The third-order valence-electron chi connectivity index (χ3n) is 6.86. The lowest BCUT2D eigenvalue weighted by molar-refractivity contribution is -0.121. The summed E-state index contributed by atoms with van der Waals surface area (Å²) < 4.78 is 28.9. The molecule has 3 N–H and O–H groups in total. The van der Waals surface area contributed by atoms with Gasteiger partial charge in [-0.15, -0.1) is 0 Å². The van der Waals surface area contributed by atoms with Gasteiger partial charge in [-0.2, -0.15) is 4.31 Å². The Morgan fingerprint density at radius 2 is 1.46 bits per heavy atom. The molecular formula is C32H35N3O3S. The number of carbonyl (C=O) groups is 1. The molecule has 0 radical (unpaired) electrons. The minimum absolute atomic E-state index is 0.108. The van der Waals surface area contributed by atoms with Gasteiger partial charge in [-0.1, -0.05) is 97.9 Å². The molecule has 1 amide bonds. The highest BCUT2D eigenvalue weighted by Gasteiger charge is 2.28. The van der Waals surface area contributed by atoms with Crippen LogP contribution in [0.2, 0.25) is 0 Å². The molecule has 0 bridgehead atoms. The molecule has 0 spiro atoms. The van der Waals surface area contributed by atoms with Gasteiger partial charge in [0.1, 0.15) is 0 Å². The fourth-order valence-corrected chi connectivity index (χ4v) is 5.99. The molecule has 0 heterocycles. The Kier molecular flexibility index (Phi) is 9.30. The van der Waals surface area contributed by atoms with Gasteiger partial charge in [0.2, 0.25) is 15.9 Å². The predicted octanol–water partition coefficient (Wildman–Crippen LogP) is 5.23. The summed E-state index contributed by atoms with van der Waals surface area (Å²) >= 11 is 0. The Bertz CT molecular complexity index is 1490. The summed E-state index contributed by atoms with van der Waals surface area (Å²) in [5, 5.41) is 2.86. The van der Waals surface area contributed by atoms with E-state index in [9.17, 15) is 13.2 Å². The quantitative estimate of drug-likeness (QED) is 0.272. The number of nitrogens with one attached hydrogen (secondary N) is 1. The zero-order valence-electron chi connectivity index (χ0n) is 22.4. The zero-order chi connectivity index (χ0) is 27.8. The molecule has 1 atom stereocenters. The molecule has 0 aliphatic carbocycles. The fourth-order valence-electron chi connectivity index (χ4n) is 4.50. The lowest BCUT2D eigenvalue weighted by atomic mass is 10.0. The number of hydrogen-bond donors (Lipinski definition) is 2. The molecule has 202 valence electrons. The zero-order valence-corrected chi connectivity index (χ0v) is 23.2. The van der Waals surface area contributed by atoms with Gasteiger partial charge in [-0.25, -0.2) is 8.42 Å². The van der Waals surface area contributed by atoms with E-state index >= 15 is 0 Å². The lowest BCUT2D eigenvalue weighted by Crippen LogP contribution is -2.42. The Labute approximate surface area is 231 Å². The van der Waals surface area contributed by atoms with E-state index in [-0.39, 0.29) is 29.8 Å². The van der Waals surface area contributed by atoms with Gasteiger partial charge in [-0.3, -0.25) is 4.79 Å². The van der Waals surface area contributed by atoms with Crippen LogP contribution in [0.3, 0.4) is 0 Å². The first-order valence-electron chi connectivity index (χ1n) is 13.0. The maximum atomic E-state index is 13.8. The van der Waals surface area contributed by atoms with Crippen LogP contribution in [0.4, 0.5) is 0 Å². The van der Waals surface area contributed by atoms with Gasteiger partial charge in [0.25, 0.3) is 0 Å². The molecule has 0 aliphatic rings. The maximum Gasteiger partial charge on any atom is 0.243 e. The van der Waals surface area contributed by atoms with Crippen molar-refractivity contribution in [2.24, 2.45) is 5.73 Å². The third-order valence-corrected chi connectivity index (χ3v) is 8.69. The minimum Gasteiger partial charge on any atom is -0.351 e. The summed E-state index contributed by atoms with van der Waals surface area (Å²) in [5.41, 5.74) is 11.7. The van der Waals surface area contributed by atoms with Crippen LogP contribution in [-0.2, 0) is 27.9 Å². The molecule has 0 saturated carbocycles. The van der Waals surface area contributed by atoms with Gasteiger partial charge in [0.05, 0.1) is 11.4 Å². The van der Waals surface area contributed by atoms with Crippen molar-refractivity contribution >= 4 is 15.9 Å². The molecule has 39 heavy (non-hydrogen) atoms. The number of sulfonamides is 1. The fraction of sp³-hybridized carbons (Fsp3) is 0.219. The number of rotatable bonds is 11. The smallest absolute Gasteiger partial charge is 0.243 e. The molecule has 7 heteroatoms. The second kappa shape index (κ2) is 12.8. The molecule has 4 rings (SSSR count). The standard InChI is InChI=1S/C32H35N3O3S/c1-24-8-6-7-11-31(24)29-16-18-30(19-17-29)39(37,38)35(22-25(2)28-9-4-3-5-10-28)23-32(36)34-21-27-14-12-26(20-33)13-15-27/h3-19,25H,20-23,33H2,1-2H3,(H,34,36)/t25-/m0/s1. The summed E-state index contributed by atoms with van der Waals surface area (Å²) in [6, 6.07) is 32.2. The first-order valence-corrected chi connectivity index (χ1v) is 14.5. The predicted molar refractivity (Wildman–Crippen MR) is 156 cm³/mol.